The van der Waals surface area contributed by atoms with E-state index in [1.807, 2.05) is 0 Å². The molecule has 5 heteroatoms. The van der Waals surface area contributed by atoms with E-state index in [-0.39, 0.29) is 6.04 Å². The summed E-state index contributed by atoms with van der Waals surface area (Å²) < 4.78 is 23.9. The second kappa shape index (κ2) is 5.58. The van der Waals surface area contributed by atoms with Crippen molar-refractivity contribution in [2.24, 2.45) is 11.8 Å². The van der Waals surface area contributed by atoms with E-state index in [0.717, 1.165) is 31.8 Å². The Morgan fingerprint density at radius 3 is 2.55 bits per heavy atom. The van der Waals surface area contributed by atoms with Crippen molar-refractivity contribution >= 4 is 9.84 Å². The number of hydrogen-bond acceptors (Lipinski definition) is 4. The predicted molar refractivity (Wildman–Crippen MR) is 81.5 cm³/mol. The molecule has 2 saturated heterocycles. The first kappa shape index (κ1) is 14.8. The summed E-state index contributed by atoms with van der Waals surface area (Å²) in [5.41, 5.74) is 0. The van der Waals surface area contributed by atoms with Crippen LogP contribution in [0, 0.1) is 11.8 Å². The fraction of sp³-hybridized carbons (Fsp3) is 1.00. The first-order valence-corrected chi connectivity index (χ1v) is 9.98. The third-order valence-corrected chi connectivity index (χ3v) is 7.09. The highest BCUT2D eigenvalue weighted by atomic mass is 32.2. The smallest absolute Gasteiger partial charge is 0.151 e. The second-order valence-corrected chi connectivity index (χ2v) is 9.50. The van der Waals surface area contributed by atoms with Gasteiger partial charge in [-0.2, -0.15) is 0 Å². The number of rotatable bonds is 3. The van der Waals surface area contributed by atoms with Gasteiger partial charge in [0.25, 0.3) is 0 Å². The fourth-order valence-electron chi connectivity index (χ4n) is 3.93. The van der Waals surface area contributed by atoms with Gasteiger partial charge < -0.3 is 5.32 Å². The van der Waals surface area contributed by atoms with Crippen LogP contribution < -0.4 is 5.32 Å². The summed E-state index contributed by atoms with van der Waals surface area (Å²) in [6.07, 6.45) is 4.59. The molecule has 0 aromatic carbocycles. The molecule has 3 fully saturated rings. The Labute approximate surface area is 123 Å². The Balaban J connectivity index is 1.74. The SMILES string of the molecule is CC(C)C1CNC(C2CC2)CN1C1CCCS(=O)(=O)C1. The van der Waals surface area contributed by atoms with E-state index in [0.29, 0.717) is 29.5 Å². The summed E-state index contributed by atoms with van der Waals surface area (Å²) in [7, 11) is -2.81. The summed E-state index contributed by atoms with van der Waals surface area (Å²) in [5.74, 6) is 2.19. The number of sulfone groups is 1. The molecule has 2 heterocycles. The lowest BCUT2D eigenvalue weighted by Gasteiger charge is -2.47. The third-order valence-electron chi connectivity index (χ3n) is 5.29. The van der Waals surface area contributed by atoms with Gasteiger partial charge >= 0.3 is 0 Å². The molecule has 3 aliphatic rings. The van der Waals surface area contributed by atoms with Crippen LogP contribution in [0.5, 0.6) is 0 Å². The molecule has 3 rings (SSSR count). The summed E-state index contributed by atoms with van der Waals surface area (Å²) in [6.45, 7) is 6.59. The maximum absolute atomic E-state index is 12.0. The summed E-state index contributed by atoms with van der Waals surface area (Å²) in [6, 6.07) is 1.34. The molecule has 4 nitrogen and oxygen atoms in total. The van der Waals surface area contributed by atoms with Crippen LogP contribution in [0.1, 0.15) is 39.5 Å². The van der Waals surface area contributed by atoms with Gasteiger partial charge in [0.05, 0.1) is 11.5 Å². The quantitative estimate of drug-likeness (QED) is 0.853. The van der Waals surface area contributed by atoms with E-state index in [1.165, 1.54) is 12.8 Å². The number of hydrogen-bond donors (Lipinski definition) is 1. The van der Waals surface area contributed by atoms with Gasteiger partial charge in [0.15, 0.2) is 9.84 Å². The Hall–Kier alpha value is -0.130. The van der Waals surface area contributed by atoms with Crippen molar-refractivity contribution in [1.82, 2.24) is 10.2 Å². The summed E-state index contributed by atoms with van der Waals surface area (Å²) >= 11 is 0. The largest absolute Gasteiger partial charge is 0.311 e. The normalized spacial score (nSPS) is 39.0. The van der Waals surface area contributed by atoms with E-state index < -0.39 is 9.84 Å². The highest BCUT2D eigenvalue weighted by molar-refractivity contribution is 7.91. The third kappa shape index (κ3) is 3.20. The van der Waals surface area contributed by atoms with Gasteiger partial charge in [0.1, 0.15) is 0 Å². The van der Waals surface area contributed by atoms with Crippen molar-refractivity contribution in [2.45, 2.75) is 57.7 Å². The van der Waals surface area contributed by atoms with Crippen LogP contribution in [0.15, 0.2) is 0 Å². The zero-order valence-electron chi connectivity index (χ0n) is 12.7. The van der Waals surface area contributed by atoms with Crippen LogP contribution in [0.4, 0.5) is 0 Å². The molecule has 1 N–H and O–H groups in total. The average molecular weight is 300 g/mol. The molecule has 0 radical (unpaired) electrons. The van der Waals surface area contributed by atoms with Crippen molar-refractivity contribution in [1.29, 1.82) is 0 Å². The molecular weight excluding hydrogens is 272 g/mol. The maximum atomic E-state index is 12.0. The Morgan fingerprint density at radius 1 is 1.20 bits per heavy atom. The molecule has 3 unspecified atom stereocenters. The van der Waals surface area contributed by atoms with Gasteiger partial charge in [-0.3, -0.25) is 4.90 Å². The first-order chi connectivity index (χ1) is 9.46. The highest BCUT2D eigenvalue weighted by Gasteiger charge is 2.41. The predicted octanol–water partition coefficient (Wildman–Crippen LogP) is 1.27. The van der Waals surface area contributed by atoms with Crippen molar-refractivity contribution in [3.05, 3.63) is 0 Å². The molecule has 0 aromatic rings. The van der Waals surface area contributed by atoms with Crippen molar-refractivity contribution in [2.75, 3.05) is 24.6 Å². The number of piperazine rings is 1. The second-order valence-electron chi connectivity index (χ2n) is 7.27. The number of nitrogens with zero attached hydrogens (tertiary/aromatic N) is 1. The molecule has 2 aliphatic heterocycles. The van der Waals surface area contributed by atoms with Crippen LogP contribution in [0.25, 0.3) is 0 Å². The Bertz CT molecular complexity index is 445. The minimum atomic E-state index is -2.81. The monoisotopic (exact) mass is 300 g/mol. The van der Waals surface area contributed by atoms with Crippen LogP contribution in [-0.2, 0) is 9.84 Å². The van der Waals surface area contributed by atoms with Crippen LogP contribution in [0.2, 0.25) is 0 Å². The van der Waals surface area contributed by atoms with Gasteiger partial charge in [-0.15, -0.1) is 0 Å². The summed E-state index contributed by atoms with van der Waals surface area (Å²) in [5, 5.41) is 3.71. The highest BCUT2D eigenvalue weighted by Crippen LogP contribution is 2.36. The van der Waals surface area contributed by atoms with Crippen LogP contribution in [0.3, 0.4) is 0 Å². The van der Waals surface area contributed by atoms with Gasteiger partial charge in [-0.05, 0) is 37.5 Å². The number of nitrogens with one attached hydrogen (secondary N) is 1. The average Bonchev–Trinajstić information content (AvgIpc) is 3.21. The molecule has 0 aromatic heterocycles. The van der Waals surface area contributed by atoms with Crippen LogP contribution in [-0.4, -0.2) is 56.0 Å². The Morgan fingerprint density at radius 2 is 1.95 bits per heavy atom. The maximum Gasteiger partial charge on any atom is 0.151 e. The van der Waals surface area contributed by atoms with E-state index in [1.54, 1.807) is 0 Å². The van der Waals surface area contributed by atoms with Gasteiger partial charge in [-0.1, -0.05) is 13.8 Å². The van der Waals surface area contributed by atoms with Crippen LogP contribution >= 0.6 is 0 Å². The molecule has 3 atom stereocenters. The molecule has 0 bridgehead atoms. The minimum absolute atomic E-state index is 0.254. The minimum Gasteiger partial charge on any atom is -0.311 e. The van der Waals surface area contributed by atoms with E-state index in [9.17, 15) is 8.42 Å². The van der Waals surface area contributed by atoms with Gasteiger partial charge in [0.2, 0.25) is 0 Å². The zero-order chi connectivity index (χ0) is 14.3. The van der Waals surface area contributed by atoms with E-state index in [2.05, 4.69) is 24.1 Å². The van der Waals surface area contributed by atoms with Crippen molar-refractivity contribution in [3.8, 4) is 0 Å². The molecule has 116 valence electrons. The molecule has 1 saturated carbocycles. The van der Waals surface area contributed by atoms with Crippen molar-refractivity contribution < 1.29 is 8.42 Å². The molecule has 0 amide bonds. The molecule has 0 spiro atoms. The van der Waals surface area contributed by atoms with Gasteiger partial charge in [0, 0.05) is 31.2 Å². The standard InChI is InChI=1S/C15H28N2O2S/c1-11(2)15-8-16-14(12-5-6-12)9-17(15)13-4-3-7-20(18,19)10-13/h11-16H,3-10H2,1-2H3. The summed E-state index contributed by atoms with van der Waals surface area (Å²) in [4.78, 5) is 2.54. The lowest BCUT2D eigenvalue weighted by Crippen LogP contribution is -2.63. The topological polar surface area (TPSA) is 49.4 Å². The van der Waals surface area contributed by atoms with E-state index >= 15 is 0 Å². The fourth-order valence-corrected chi connectivity index (χ4v) is 5.65. The molecule has 20 heavy (non-hydrogen) atoms. The zero-order valence-corrected chi connectivity index (χ0v) is 13.5. The van der Waals surface area contributed by atoms with E-state index in [4.69, 9.17) is 0 Å². The molecule has 1 aliphatic carbocycles. The Kier molecular flexibility index (Phi) is 4.13. The lowest BCUT2D eigenvalue weighted by molar-refractivity contribution is 0.0536. The van der Waals surface area contributed by atoms with Gasteiger partial charge in [-0.25, -0.2) is 8.42 Å². The van der Waals surface area contributed by atoms with Crippen molar-refractivity contribution in [3.63, 3.8) is 0 Å². The molecular formula is C15H28N2O2S. The first-order valence-electron chi connectivity index (χ1n) is 8.16. The lowest BCUT2D eigenvalue weighted by atomic mass is 9.94.